The molecule has 0 bridgehead atoms. The second-order valence-electron chi connectivity index (χ2n) is 4.60. The van der Waals surface area contributed by atoms with Crippen LogP contribution in [0.15, 0.2) is 23.6 Å². The molecule has 1 heterocycles. The zero-order valence-corrected chi connectivity index (χ0v) is 12.5. The number of thiazole rings is 1. The van der Waals surface area contributed by atoms with Crippen molar-refractivity contribution < 1.29 is 4.74 Å². The molecule has 1 aromatic carbocycles. The molecule has 0 saturated heterocycles. The maximum absolute atomic E-state index is 5.61. The van der Waals surface area contributed by atoms with Crippen LogP contribution in [0.3, 0.4) is 0 Å². The van der Waals surface area contributed by atoms with Gasteiger partial charge in [-0.15, -0.1) is 11.3 Å². The van der Waals surface area contributed by atoms with E-state index in [1.165, 1.54) is 5.56 Å². The van der Waals surface area contributed by atoms with Gasteiger partial charge in [-0.25, -0.2) is 4.98 Å². The highest BCUT2D eigenvalue weighted by Crippen LogP contribution is 2.33. The third-order valence-electron chi connectivity index (χ3n) is 3.40. The number of nitrogens with two attached hydrogens (primary N) is 1. The summed E-state index contributed by atoms with van der Waals surface area (Å²) in [6.07, 6.45) is 1.09. The molecule has 2 aromatic rings. The fraction of sp³-hybridized carbons (Fsp3) is 0.400. The SMILES string of the molecule is CCC(C)c1cc(-c2csc(CN)n2)ccc1OC. The van der Waals surface area contributed by atoms with Crippen molar-refractivity contribution in [2.45, 2.75) is 32.7 Å². The normalized spacial score (nSPS) is 12.4. The lowest BCUT2D eigenvalue weighted by Gasteiger charge is -2.15. The van der Waals surface area contributed by atoms with Crippen LogP contribution in [-0.2, 0) is 6.54 Å². The van der Waals surface area contributed by atoms with Crippen LogP contribution in [0.1, 0.15) is 36.8 Å². The first kappa shape index (κ1) is 14.0. The van der Waals surface area contributed by atoms with E-state index in [9.17, 15) is 0 Å². The number of hydrogen-bond acceptors (Lipinski definition) is 4. The summed E-state index contributed by atoms with van der Waals surface area (Å²) in [6, 6.07) is 6.26. The summed E-state index contributed by atoms with van der Waals surface area (Å²) in [5, 5.41) is 3.03. The smallest absolute Gasteiger partial charge is 0.122 e. The Bertz CT molecular complexity index is 551. The highest BCUT2D eigenvalue weighted by molar-refractivity contribution is 7.09. The van der Waals surface area contributed by atoms with Crippen molar-refractivity contribution in [3.63, 3.8) is 0 Å². The van der Waals surface area contributed by atoms with Gasteiger partial charge in [-0.1, -0.05) is 13.8 Å². The summed E-state index contributed by atoms with van der Waals surface area (Å²) in [5.74, 6) is 1.43. The lowest BCUT2D eigenvalue weighted by molar-refractivity contribution is 0.406. The number of hydrogen-bond donors (Lipinski definition) is 1. The minimum Gasteiger partial charge on any atom is -0.496 e. The molecule has 0 aliphatic heterocycles. The minimum absolute atomic E-state index is 0.475. The number of nitrogens with zero attached hydrogens (tertiary/aromatic N) is 1. The van der Waals surface area contributed by atoms with Crippen molar-refractivity contribution >= 4 is 11.3 Å². The number of rotatable bonds is 5. The number of aromatic nitrogens is 1. The van der Waals surface area contributed by atoms with E-state index < -0.39 is 0 Å². The Morgan fingerprint density at radius 1 is 1.42 bits per heavy atom. The second kappa shape index (κ2) is 6.17. The van der Waals surface area contributed by atoms with Crippen LogP contribution in [0.25, 0.3) is 11.3 Å². The Morgan fingerprint density at radius 2 is 2.21 bits per heavy atom. The lowest BCUT2D eigenvalue weighted by atomic mass is 9.95. The van der Waals surface area contributed by atoms with E-state index in [0.717, 1.165) is 28.4 Å². The van der Waals surface area contributed by atoms with E-state index in [4.69, 9.17) is 10.5 Å². The van der Waals surface area contributed by atoms with E-state index in [2.05, 4.69) is 36.3 Å². The van der Waals surface area contributed by atoms with Crippen LogP contribution in [0.4, 0.5) is 0 Å². The van der Waals surface area contributed by atoms with Crippen LogP contribution in [0, 0.1) is 0 Å². The van der Waals surface area contributed by atoms with Crippen molar-refractivity contribution in [2.24, 2.45) is 5.73 Å². The van der Waals surface area contributed by atoms with Crippen LogP contribution < -0.4 is 10.5 Å². The summed E-state index contributed by atoms with van der Waals surface area (Å²) in [7, 11) is 1.72. The van der Waals surface area contributed by atoms with E-state index in [-0.39, 0.29) is 0 Å². The fourth-order valence-electron chi connectivity index (χ4n) is 2.04. The number of ether oxygens (including phenoxy) is 1. The quantitative estimate of drug-likeness (QED) is 0.903. The van der Waals surface area contributed by atoms with Crippen LogP contribution in [0.2, 0.25) is 0 Å². The summed E-state index contributed by atoms with van der Waals surface area (Å²) >= 11 is 1.61. The fourth-order valence-corrected chi connectivity index (χ4v) is 2.72. The van der Waals surface area contributed by atoms with Crippen molar-refractivity contribution in [2.75, 3.05) is 7.11 Å². The molecule has 0 amide bonds. The Balaban J connectivity index is 2.42. The van der Waals surface area contributed by atoms with Crippen molar-refractivity contribution in [3.05, 3.63) is 34.2 Å². The van der Waals surface area contributed by atoms with Gasteiger partial charge in [0.25, 0.3) is 0 Å². The molecule has 0 radical (unpaired) electrons. The van der Waals surface area contributed by atoms with Gasteiger partial charge in [0, 0.05) is 17.5 Å². The molecule has 0 aliphatic rings. The molecule has 0 aliphatic carbocycles. The van der Waals surface area contributed by atoms with Gasteiger partial charge in [0.15, 0.2) is 0 Å². The van der Waals surface area contributed by atoms with Gasteiger partial charge in [-0.3, -0.25) is 0 Å². The molecule has 1 atom stereocenters. The maximum atomic E-state index is 5.61. The topological polar surface area (TPSA) is 48.1 Å². The van der Waals surface area contributed by atoms with Gasteiger partial charge in [-0.2, -0.15) is 0 Å². The molecule has 2 rings (SSSR count). The standard InChI is InChI=1S/C15H20N2OS/c1-4-10(2)12-7-11(5-6-14(12)18-3)13-9-19-15(8-16)17-13/h5-7,9-10H,4,8,16H2,1-3H3. The van der Waals surface area contributed by atoms with Gasteiger partial charge in [-0.05, 0) is 36.1 Å². The Morgan fingerprint density at radius 3 is 2.79 bits per heavy atom. The lowest BCUT2D eigenvalue weighted by Crippen LogP contribution is -1.98. The van der Waals surface area contributed by atoms with Crippen molar-refractivity contribution in [3.8, 4) is 17.0 Å². The molecule has 0 saturated carbocycles. The average molecular weight is 276 g/mol. The molecule has 1 aromatic heterocycles. The molecule has 0 spiro atoms. The summed E-state index contributed by atoms with van der Waals surface area (Å²) in [4.78, 5) is 4.53. The number of methoxy groups -OCH3 is 1. The molecule has 1 unspecified atom stereocenters. The minimum atomic E-state index is 0.475. The molecule has 3 nitrogen and oxygen atoms in total. The number of benzene rings is 1. The molecule has 4 heteroatoms. The predicted octanol–water partition coefficient (Wildman–Crippen LogP) is 3.79. The first-order valence-electron chi connectivity index (χ1n) is 6.52. The van der Waals surface area contributed by atoms with E-state index in [0.29, 0.717) is 12.5 Å². The third kappa shape index (κ3) is 2.96. The maximum Gasteiger partial charge on any atom is 0.122 e. The summed E-state index contributed by atoms with van der Waals surface area (Å²) < 4.78 is 5.45. The molecule has 19 heavy (non-hydrogen) atoms. The van der Waals surface area contributed by atoms with Gasteiger partial charge in [0.2, 0.25) is 0 Å². The average Bonchev–Trinajstić information content (AvgIpc) is 2.94. The molecular weight excluding hydrogens is 256 g/mol. The highest BCUT2D eigenvalue weighted by Gasteiger charge is 2.12. The second-order valence-corrected chi connectivity index (χ2v) is 5.54. The van der Waals surface area contributed by atoms with E-state index in [1.807, 2.05) is 6.07 Å². The van der Waals surface area contributed by atoms with E-state index >= 15 is 0 Å². The zero-order chi connectivity index (χ0) is 13.8. The van der Waals surface area contributed by atoms with Gasteiger partial charge in [0.1, 0.15) is 10.8 Å². The van der Waals surface area contributed by atoms with Gasteiger partial charge < -0.3 is 10.5 Å². The van der Waals surface area contributed by atoms with Crippen molar-refractivity contribution in [1.82, 2.24) is 4.98 Å². The highest BCUT2D eigenvalue weighted by atomic mass is 32.1. The molecule has 0 fully saturated rings. The van der Waals surface area contributed by atoms with Crippen LogP contribution in [0.5, 0.6) is 5.75 Å². The predicted molar refractivity (Wildman–Crippen MR) is 80.7 cm³/mol. The van der Waals surface area contributed by atoms with Crippen LogP contribution in [-0.4, -0.2) is 12.1 Å². The Labute approximate surface area is 118 Å². The largest absolute Gasteiger partial charge is 0.496 e. The van der Waals surface area contributed by atoms with E-state index in [1.54, 1.807) is 18.4 Å². The Hall–Kier alpha value is -1.39. The summed E-state index contributed by atoms with van der Waals surface area (Å²) in [5.41, 5.74) is 8.98. The van der Waals surface area contributed by atoms with Crippen LogP contribution >= 0.6 is 11.3 Å². The van der Waals surface area contributed by atoms with Gasteiger partial charge in [0.05, 0.1) is 12.8 Å². The Kier molecular flexibility index (Phi) is 4.56. The molecule has 2 N–H and O–H groups in total. The molecule has 102 valence electrons. The molecular formula is C15H20N2OS. The first-order chi connectivity index (χ1) is 9.19. The zero-order valence-electron chi connectivity index (χ0n) is 11.6. The van der Waals surface area contributed by atoms with Gasteiger partial charge >= 0.3 is 0 Å². The van der Waals surface area contributed by atoms with Crippen molar-refractivity contribution in [1.29, 1.82) is 0 Å². The third-order valence-corrected chi connectivity index (χ3v) is 4.27. The first-order valence-corrected chi connectivity index (χ1v) is 7.40. The summed E-state index contributed by atoms with van der Waals surface area (Å²) in [6.45, 7) is 4.90. The monoisotopic (exact) mass is 276 g/mol.